The molecule has 1 aliphatic rings. The van der Waals surface area contributed by atoms with Crippen LogP contribution in [0.5, 0.6) is 0 Å². The van der Waals surface area contributed by atoms with Crippen molar-refractivity contribution in [2.75, 3.05) is 6.54 Å². The number of rotatable bonds is 6. The average Bonchev–Trinajstić information content (AvgIpc) is 3.29. The molecule has 132 valence electrons. The van der Waals surface area contributed by atoms with E-state index in [1.54, 1.807) is 0 Å². The molecular formula is C21H22N4O. The minimum atomic E-state index is 0.182. The van der Waals surface area contributed by atoms with Crippen molar-refractivity contribution < 1.29 is 4.79 Å². The number of carbonyl (C=O) groups is 1. The van der Waals surface area contributed by atoms with Crippen molar-refractivity contribution in [2.45, 2.75) is 31.7 Å². The minimum Gasteiger partial charge on any atom is -0.335 e. The second-order valence-corrected chi connectivity index (χ2v) is 6.77. The van der Waals surface area contributed by atoms with Gasteiger partial charge in [-0.3, -0.25) is 9.89 Å². The molecular weight excluding hydrogens is 324 g/mol. The van der Waals surface area contributed by atoms with Crippen LogP contribution in [-0.4, -0.2) is 32.5 Å². The van der Waals surface area contributed by atoms with Crippen LogP contribution in [0.1, 0.15) is 35.1 Å². The maximum Gasteiger partial charge on any atom is 0.223 e. The molecule has 2 heterocycles. The van der Waals surface area contributed by atoms with Crippen molar-refractivity contribution in [3.63, 3.8) is 0 Å². The third-order valence-corrected chi connectivity index (χ3v) is 4.88. The summed E-state index contributed by atoms with van der Waals surface area (Å²) >= 11 is 0. The van der Waals surface area contributed by atoms with Crippen LogP contribution >= 0.6 is 0 Å². The first-order chi connectivity index (χ1) is 12.8. The van der Waals surface area contributed by atoms with Crippen molar-refractivity contribution in [1.29, 1.82) is 0 Å². The van der Waals surface area contributed by atoms with Crippen molar-refractivity contribution in [2.24, 2.45) is 0 Å². The van der Waals surface area contributed by atoms with E-state index in [0.29, 0.717) is 13.0 Å². The maximum atomic E-state index is 12.3. The fourth-order valence-electron chi connectivity index (χ4n) is 3.47. The number of hydrogen-bond donors (Lipinski definition) is 1. The lowest BCUT2D eigenvalue weighted by molar-refractivity contribution is -0.128. The Bertz CT molecular complexity index is 860. The van der Waals surface area contributed by atoms with Gasteiger partial charge < -0.3 is 4.90 Å². The van der Waals surface area contributed by atoms with E-state index in [-0.39, 0.29) is 11.8 Å². The number of H-pyrrole nitrogens is 1. The summed E-state index contributed by atoms with van der Waals surface area (Å²) in [6.07, 6.45) is 2.27. The molecule has 3 aromatic rings. The van der Waals surface area contributed by atoms with E-state index in [0.717, 1.165) is 31.0 Å². The lowest BCUT2D eigenvalue weighted by atomic mass is 9.99. The number of benzene rings is 2. The summed E-state index contributed by atoms with van der Waals surface area (Å²) in [7, 11) is 0. The third kappa shape index (κ3) is 3.82. The fourth-order valence-corrected chi connectivity index (χ4v) is 3.47. The molecule has 1 unspecified atom stereocenters. The molecule has 5 heteroatoms. The Morgan fingerprint density at radius 1 is 1.00 bits per heavy atom. The molecule has 2 aromatic carbocycles. The largest absolute Gasteiger partial charge is 0.335 e. The van der Waals surface area contributed by atoms with Gasteiger partial charge in [0, 0.05) is 25.3 Å². The number of aryl methyl sites for hydroxylation is 2. The smallest absolute Gasteiger partial charge is 0.223 e. The van der Waals surface area contributed by atoms with Gasteiger partial charge >= 0.3 is 0 Å². The molecule has 1 aromatic heterocycles. The predicted molar refractivity (Wildman–Crippen MR) is 99.4 cm³/mol. The molecule has 4 rings (SSSR count). The molecule has 0 bridgehead atoms. The predicted octanol–water partition coefficient (Wildman–Crippen LogP) is 3.11. The Morgan fingerprint density at radius 3 is 2.50 bits per heavy atom. The highest BCUT2D eigenvalue weighted by atomic mass is 16.2. The van der Waals surface area contributed by atoms with E-state index < -0.39 is 0 Å². The number of aromatic nitrogens is 3. The first kappa shape index (κ1) is 16.5. The highest BCUT2D eigenvalue weighted by Gasteiger charge is 2.31. The van der Waals surface area contributed by atoms with Crippen LogP contribution in [0.3, 0.4) is 0 Å². The van der Waals surface area contributed by atoms with Gasteiger partial charge in [-0.05, 0) is 17.5 Å². The topological polar surface area (TPSA) is 61.9 Å². The third-order valence-electron chi connectivity index (χ3n) is 4.88. The van der Waals surface area contributed by atoms with Gasteiger partial charge in [-0.1, -0.05) is 60.7 Å². The van der Waals surface area contributed by atoms with Crippen molar-refractivity contribution in [3.8, 4) is 0 Å². The number of aromatic amines is 1. The Kier molecular flexibility index (Phi) is 4.78. The molecule has 1 N–H and O–H groups in total. The maximum absolute atomic E-state index is 12.3. The van der Waals surface area contributed by atoms with Crippen LogP contribution in [0.15, 0.2) is 60.7 Å². The zero-order valence-corrected chi connectivity index (χ0v) is 14.6. The number of likely N-dealkylation sites (tertiary alicyclic amines) is 1. The monoisotopic (exact) mass is 346 g/mol. The van der Waals surface area contributed by atoms with Crippen LogP contribution in [0, 0.1) is 0 Å². The Morgan fingerprint density at radius 2 is 1.73 bits per heavy atom. The normalized spacial score (nSPS) is 17.0. The summed E-state index contributed by atoms with van der Waals surface area (Å²) < 4.78 is 0. The number of hydrogen-bond acceptors (Lipinski definition) is 3. The van der Waals surface area contributed by atoms with Gasteiger partial charge in [-0.2, -0.15) is 5.10 Å². The zero-order valence-electron chi connectivity index (χ0n) is 14.6. The standard InChI is InChI=1S/C21H22N4O/c26-21-13-18(17-9-5-2-6-10-17)14-25(21)15-20-22-19(23-24-20)12-11-16-7-3-1-4-8-16/h1-10,18H,11-15H2,(H,22,23,24). The summed E-state index contributed by atoms with van der Waals surface area (Å²) in [5.41, 5.74) is 2.50. The second-order valence-electron chi connectivity index (χ2n) is 6.77. The molecule has 1 amide bonds. The molecule has 1 fully saturated rings. The summed E-state index contributed by atoms with van der Waals surface area (Å²) in [5.74, 6) is 2.01. The molecule has 26 heavy (non-hydrogen) atoms. The molecule has 1 atom stereocenters. The van der Waals surface area contributed by atoms with Crippen LogP contribution in [0.4, 0.5) is 0 Å². The number of nitrogens with zero attached hydrogens (tertiary/aromatic N) is 3. The second kappa shape index (κ2) is 7.52. The molecule has 0 saturated carbocycles. The van der Waals surface area contributed by atoms with Crippen LogP contribution < -0.4 is 0 Å². The number of amides is 1. The van der Waals surface area contributed by atoms with Crippen molar-refractivity contribution >= 4 is 5.91 Å². The number of nitrogens with one attached hydrogen (secondary N) is 1. The summed E-state index contributed by atoms with van der Waals surface area (Å²) in [4.78, 5) is 18.8. The fraction of sp³-hybridized carbons (Fsp3) is 0.286. The van der Waals surface area contributed by atoms with Gasteiger partial charge in [-0.15, -0.1) is 0 Å². The van der Waals surface area contributed by atoms with Gasteiger partial charge in [-0.25, -0.2) is 4.98 Å². The Balaban J connectivity index is 1.34. The van der Waals surface area contributed by atoms with Gasteiger partial charge in [0.05, 0.1) is 6.54 Å². The van der Waals surface area contributed by atoms with E-state index in [1.165, 1.54) is 11.1 Å². The average molecular weight is 346 g/mol. The van der Waals surface area contributed by atoms with Gasteiger partial charge in [0.1, 0.15) is 5.82 Å². The minimum absolute atomic E-state index is 0.182. The van der Waals surface area contributed by atoms with Gasteiger partial charge in [0.25, 0.3) is 0 Å². The number of carbonyl (C=O) groups excluding carboxylic acids is 1. The van der Waals surface area contributed by atoms with Crippen LogP contribution in [0.2, 0.25) is 0 Å². The first-order valence-electron chi connectivity index (χ1n) is 9.05. The molecule has 1 saturated heterocycles. The first-order valence-corrected chi connectivity index (χ1v) is 9.05. The zero-order chi connectivity index (χ0) is 17.8. The summed E-state index contributed by atoms with van der Waals surface area (Å²) in [5, 5.41) is 7.29. The van der Waals surface area contributed by atoms with E-state index >= 15 is 0 Å². The molecule has 5 nitrogen and oxygen atoms in total. The van der Waals surface area contributed by atoms with E-state index in [4.69, 9.17) is 0 Å². The molecule has 1 aliphatic heterocycles. The van der Waals surface area contributed by atoms with Gasteiger partial charge in [0.15, 0.2) is 5.82 Å². The quantitative estimate of drug-likeness (QED) is 0.746. The summed E-state index contributed by atoms with van der Waals surface area (Å²) in [6.45, 7) is 1.24. The highest BCUT2D eigenvalue weighted by molar-refractivity contribution is 5.79. The van der Waals surface area contributed by atoms with Crippen LogP contribution in [-0.2, 0) is 24.2 Å². The molecule has 0 radical (unpaired) electrons. The van der Waals surface area contributed by atoms with E-state index in [2.05, 4.69) is 39.4 Å². The molecule has 0 aliphatic carbocycles. The SMILES string of the molecule is O=C1CC(c2ccccc2)CN1Cc1nc(CCc2ccccc2)n[nH]1. The lowest BCUT2D eigenvalue weighted by Crippen LogP contribution is -2.25. The summed E-state index contributed by atoms with van der Waals surface area (Å²) in [6, 6.07) is 20.6. The Labute approximate surface area is 153 Å². The van der Waals surface area contributed by atoms with Crippen molar-refractivity contribution in [1.82, 2.24) is 20.1 Å². The lowest BCUT2D eigenvalue weighted by Gasteiger charge is -2.15. The van der Waals surface area contributed by atoms with Crippen LogP contribution in [0.25, 0.3) is 0 Å². The van der Waals surface area contributed by atoms with E-state index in [1.807, 2.05) is 41.3 Å². The van der Waals surface area contributed by atoms with Crippen molar-refractivity contribution in [3.05, 3.63) is 83.4 Å². The Hall–Kier alpha value is -2.95. The highest BCUT2D eigenvalue weighted by Crippen LogP contribution is 2.28. The van der Waals surface area contributed by atoms with E-state index in [9.17, 15) is 4.79 Å². The van der Waals surface area contributed by atoms with Gasteiger partial charge in [0.2, 0.25) is 5.91 Å². The molecule has 0 spiro atoms.